The third-order valence-corrected chi connectivity index (χ3v) is 1.95. The first-order valence-corrected chi connectivity index (χ1v) is 5.57. The van der Waals surface area contributed by atoms with Crippen LogP contribution in [0.3, 0.4) is 0 Å². The molecule has 10 heteroatoms. The molecule has 0 bridgehead atoms. The lowest BCUT2D eigenvalue weighted by atomic mass is 10.2. The summed E-state index contributed by atoms with van der Waals surface area (Å²) in [6.07, 6.45) is -1.39. The molecule has 0 heterocycles. The van der Waals surface area contributed by atoms with Crippen LogP contribution >= 0.6 is 23.5 Å². The number of hydrogen-bond acceptors (Lipinski definition) is 8. The van der Waals surface area contributed by atoms with Crippen molar-refractivity contribution in [2.45, 2.75) is 32.5 Å². The molecule has 0 aliphatic rings. The molecule has 0 aromatic carbocycles. The van der Waals surface area contributed by atoms with Crippen molar-refractivity contribution in [1.82, 2.24) is 0 Å². The maximum atomic E-state index is 11.0. The number of halogens is 2. The van der Waals surface area contributed by atoms with Crippen molar-refractivity contribution in [3.05, 3.63) is 0 Å². The minimum atomic E-state index is -1.37. The smallest absolute Gasteiger partial charge is 0.435 e. The van der Waals surface area contributed by atoms with Crippen molar-refractivity contribution in [1.29, 1.82) is 0 Å². The number of esters is 1. The van der Waals surface area contributed by atoms with Gasteiger partial charge in [-0.05, 0) is 25.4 Å². The lowest BCUT2D eigenvalue weighted by Gasteiger charge is -2.15. The largest absolute Gasteiger partial charge is 0.454 e. The van der Waals surface area contributed by atoms with Gasteiger partial charge in [0.15, 0.2) is 0 Å². The van der Waals surface area contributed by atoms with Crippen molar-refractivity contribution in [3.63, 3.8) is 0 Å². The Morgan fingerprint density at radius 1 is 1.00 bits per heavy atom. The molecule has 0 fully saturated rings. The molecule has 2 unspecified atom stereocenters. The normalized spacial score (nSPS) is 13.1. The van der Waals surface area contributed by atoms with E-state index in [2.05, 4.69) is 30.7 Å². The molecule has 0 rings (SSSR count). The highest BCUT2D eigenvalue weighted by atomic mass is 35.5. The van der Waals surface area contributed by atoms with Gasteiger partial charge in [-0.25, -0.2) is 14.4 Å². The molecule has 0 spiro atoms. The Labute approximate surface area is 117 Å². The second-order valence-electron chi connectivity index (χ2n) is 3.37. The van der Waals surface area contributed by atoms with Gasteiger partial charge < -0.3 is 9.03 Å². The third kappa shape index (κ3) is 7.60. The van der Waals surface area contributed by atoms with Gasteiger partial charge in [-0.15, -0.1) is 0 Å². The van der Waals surface area contributed by atoms with E-state index in [1.54, 1.807) is 0 Å². The molecule has 0 aromatic heterocycles. The summed E-state index contributed by atoms with van der Waals surface area (Å²) in [5.41, 5.74) is 0. The van der Waals surface area contributed by atoms with Crippen LogP contribution in [0.2, 0.25) is 0 Å². The van der Waals surface area contributed by atoms with Crippen molar-refractivity contribution in [3.8, 4) is 0 Å². The molecule has 0 N–H and O–H groups in total. The van der Waals surface area contributed by atoms with E-state index in [-0.39, 0.29) is 6.42 Å². The molecule has 0 aromatic rings. The van der Waals surface area contributed by atoms with Crippen LogP contribution in [0.25, 0.3) is 0 Å². The highest BCUT2D eigenvalue weighted by Crippen LogP contribution is 2.07. The minimum Gasteiger partial charge on any atom is -0.454 e. The highest BCUT2D eigenvalue weighted by molar-refractivity contribution is 6.80. The highest BCUT2D eigenvalue weighted by Gasteiger charge is 2.22. The average Bonchev–Trinajstić information content (AvgIpc) is 2.34. The van der Waals surface area contributed by atoms with E-state index in [1.807, 2.05) is 0 Å². The zero-order valence-electron chi connectivity index (χ0n) is 9.88. The van der Waals surface area contributed by atoms with Gasteiger partial charge in [0.2, 0.25) is 0 Å². The average molecular weight is 317 g/mol. The second kappa shape index (κ2) is 8.68. The van der Waals surface area contributed by atoms with Gasteiger partial charge in [-0.1, -0.05) is 0 Å². The topological polar surface area (TPSA) is 105 Å². The fourth-order valence-electron chi connectivity index (χ4n) is 0.976. The summed E-state index contributed by atoms with van der Waals surface area (Å²) in [4.78, 5) is 51.1. The van der Waals surface area contributed by atoms with Crippen LogP contribution in [0.4, 0.5) is 0 Å². The molecular weight excluding hydrogens is 307 g/mol. The van der Waals surface area contributed by atoms with Crippen molar-refractivity contribution in [2.75, 3.05) is 0 Å². The fraction of sp³-hybridized carbons (Fsp3) is 0.556. The number of carbonyl (C=O) groups is 4. The summed E-state index contributed by atoms with van der Waals surface area (Å²) in [5.74, 6) is -4.01. The Hall–Kier alpha value is -1.38. The standard InChI is InChI=1S/C9H10Cl2O8/c1-4(16-8(14)9(15)17-11)3-5(2)18-19-7(13)6(10)12/h4-5H,3H2,1-2H3. The summed E-state index contributed by atoms with van der Waals surface area (Å²) in [6, 6.07) is 0. The van der Waals surface area contributed by atoms with E-state index in [9.17, 15) is 19.2 Å². The number of rotatable bonds is 6. The van der Waals surface area contributed by atoms with Crippen LogP contribution in [0.15, 0.2) is 0 Å². The Balaban J connectivity index is 4.02. The molecule has 0 radical (unpaired) electrons. The van der Waals surface area contributed by atoms with Crippen LogP contribution < -0.4 is 0 Å². The van der Waals surface area contributed by atoms with E-state index >= 15 is 0 Å². The van der Waals surface area contributed by atoms with Gasteiger partial charge in [0, 0.05) is 6.42 Å². The second-order valence-corrected chi connectivity index (χ2v) is 3.87. The summed E-state index contributed by atoms with van der Waals surface area (Å²) in [6.45, 7) is 2.92. The summed E-state index contributed by atoms with van der Waals surface area (Å²) in [7, 11) is 0. The maximum absolute atomic E-state index is 11.0. The lowest BCUT2D eigenvalue weighted by molar-refractivity contribution is -0.294. The van der Waals surface area contributed by atoms with Crippen LogP contribution in [-0.2, 0) is 38.0 Å². The lowest BCUT2D eigenvalue weighted by Crippen LogP contribution is -2.26. The van der Waals surface area contributed by atoms with Gasteiger partial charge in [-0.2, -0.15) is 4.89 Å². The first kappa shape index (κ1) is 17.6. The number of carbonyl (C=O) groups excluding carboxylic acids is 4. The number of hydrogen-bond donors (Lipinski definition) is 0. The predicted octanol–water partition coefficient (Wildman–Crippen LogP) is 0.634. The van der Waals surface area contributed by atoms with Crippen LogP contribution in [0.1, 0.15) is 20.3 Å². The van der Waals surface area contributed by atoms with E-state index in [0.717, 1.165) is 0 Å². The molecule has 108 valence electrons. The minimum absolute atomic E-state index is 0.0745. The van der Waals surface area contributed by atoms with Gasteiger partial charge in [-0.3, -0.25) is 9.68 Å². The van der Waals surface area contributed by atoms with Gasteiger partial charge in [0.05, 0.1) is 0 Å². The van der Waals surface area contributed by atoms with Gasteiger partial charge in [0.1, 0.15) is 24.1 Å². The van der Waals surface area contributed by atoms with Crippen molar-refractivity contribution >= 4 is 46.6 Å². The van der Waals surface area contributed by atoms with E-state index in [0.29, 0.717) is 0 Å². The molecule has 2 atom stereocenters. The van der Waals surface area contributed by atoms with E-state index in [4.69, 9.17) is 11.6 Å². The summed E-state index contributed by atoms with van der Waals surface area (Å²) in [5, 5.41) is -1.34. The maximum Gasteiger partial charge on any atom is 0.435 e. The quantitative estimate of drug-likeness (QED) is 0.231. The zero-order chi connectivity index (χ0) is 15.0. The Morgan fingerprint density at radius 2 is 1.58 bits per heavy atom. The molecule has 0 saturated carbocycles. The monoisotopic (exact) mass is 316 g/mol. The SMILES string of the molecule is CC(CC(C)OC(=O)C(=O)OCl)OOC(=O)C(=O)Cl. The molecule has 0 saturated heterocycles. The van der Waals surface area contributed by atoms with E-state index < -0.39 is 35.4 Å². The van der Waals surface area contributed by atoms with Gasteiger partial charge >= 0.3 is 23.2 Å². The van der Waals surface area contributed by atoms with Crippen LogP contribution in [-0.4, -0.2) is 35.4 Å². The van der Waals surface area contributed by atoms with Crippen LogP contribution in [0, 0.1) is 0 Å². The first-order chi connectivity index (χ1) is 8.77. The van der Waals surface area contributed by atoms with Crippen molar-refractivity contribution in [2.24, 2.45) is 0 Å². The molecular formula is C9H10Cl2O8. The van der Waals surface area contributed by atoms with Gasteiger partial charge in [0.25, 0.3) is 0 Å². The zero-order valence-corrected chi connectivity index (χ0v) is 11.4. The molecule has 8 nitrogen and oxygen atoms in total. The molecule has 19 heavy (non-hydrogen) atoms. The number of ether oxygens (including phenoxy) is 1. The fourth-order valence-corrected chi connectivity index (χ4v) is 1.07. The Morgan fingerprint density at radius 3 is 2.05 bits per heavy atom. The Bertz CT molecular complexity index is 369. The molecule has 0 aliphatic heterocycles. The predicted molar refractivity (Wildman–Crippen MR) is 59.6 cm³/mol. The van der Waals surface area contributed by atoms with Crippen molar-refractivity contribution < 1.29 is 38.0 Å². The molecule has 0 amide bonds. The first-order valence-electron chi connectivity index (χ1n) is 4.88. The van der Waals surface area contributed by atoms with E-state index in [1.165, 1.54) is 13.8 Å². The summed E-state index contributed by atoms with van der Waals surface area (Å²) < 4.78 is 8.25. The molecule has 0 aliphatic carbocycles. The van der Waals surface area contributed by atoms with Crippen LogP contribution in [0.5, 0.6) is 0 Å². The third-order valence-electron chi connectivity index (χ3n) is 1.66. The Kier molecular flexibility index (Phi) is 8.05. The summed E-state index contributed by atoms with van der Waals surface area (Å²) >= 11 is 9.48.